The summed E-state index contributed by atoms with van der Waals surface area (Å²) in [5.41, 5.74) is 2.43. The number of nitrogens with one attached hydrogen (secondary N) is 1. The molecule has 0 bridgehead atoms. The molecule has 17 heavy (non-hydrogen) atoms. The average Bonchev–Trinajstić information content (AvgIpc) is 2.83. The third-order valence-electron chi connectivity index (χ3n) is 4.60. The second-order valence-corrected chi connectivity index (χ2v) is 5.33. The molecule has 2 fully saturated rings. The maximum atomic E-state index is 12.3. The Hall–Kier alpha value is -1.35. The first-order valence-electron chi connectivity index (χ1n) is 6.50. The van der Waals surface area contributed by atoms with Crippen LogP contribution in [0.25, 0.3) is 0 Å². The van der Waals surface area contributed by atoms with Gasteiger partial charge in [-0.05, 0) is 30.9 Å². The van der Waals surface area contributed by atoms with E-state index in [0.717, 1.165) is 18.7 Å². The lowest BCUT2D eigenvalue weighted by Gasteiger charge is -2.43. The maximum absolute atomic E-state index is 12.3. The Morgan fingerprint density at radius 2 is 2.24 bits per heavy atom. The second-order valence-electron chi connectivity index (χ2n) is 5.33. The zero-order valence-corrected chi connectivity index (χ0v) is 9.78. The highest BCUT2D eigenvalue weighted by atomic mass is 16.2. The van der Waals surface area contributed by atoms with E-state index in [1.54, 1.807) is 0 Å². The summed E-state index contributed by atoms with van der Waals surface area (Å²) in [6.07, 6.45) is 4.14. The molecule has 1 saturated heterocycles. The lowest BCUT2D eigenvalue weighted by Crippen LogP contribution is -2.63. The Labute approximate surface area is 101 Å². The first-order chi connectivity index (χ1) is 8.33. The van der Waals surface area contributed by atoms with E-state index < -0.39 is 0 Å². The van der Waals surface area contributed by atoms with Crippen LogP contribution in [-0.2, 0) is 4.79 Å². The minimum atomic E-state index is -0.0843. The molecule has 1 saturated carbocycles. The van der Waals surface area contributed by atoms with Gasteiger partial charge in [0.1, 0.15) is 5.66 Å². The van der Waals surface area contributed by atoms with Crippen molar-refractivity contribution in [2.45, 2.75) is 37.3 Å². The highest BCUT2D eigenvalue weighted by molar-refractivity contribution is 5.98. The van der Waals surface area contributed by atoms with Gasteiger partial charge in [0, 0.05) is 24.6 Å². The van der Waals surface area contributed by atoms with Crippen LogP contribution in [0.15, 0.2) is 24.3 Å². The van der Waals surface area contributed by atoms with Crippen LogP contribution in [0.2, 0.25) is 0 Å². The van der Waals surface area contributed by atoms with Gasteiger partial charge >= 0.3 is 0 Å². The highest BCUT2D eigenvalue weighted by Crippen LogP contribution is 2.55. The molecule has 1 amide bonds. The minimum Gasteiger partial charge on any atom is -0.293 e. The average molecular weight is 228 g/mol. The zero-order valence-electron chi connectivity index (χ0n) is 9.78. The van der Waals surface area contributed by atoms with Crippen molar-refractivity contribution in [3.05, 3.63) is 29.8 Å². The van der Waals surface area contributed by atoms with Crippen LogP contribution < -0.4 is 10.2 Å². The number of rotatable bonds is 0. The summed E-state index contributed by atoms with van der Waals surface area (Å²) in [6.45, 7) is 0.833. The van der Waals surface area contributed by atoms with Crippen LogP contribution in [0.5, 0.6) is 0 Å². The normalized spacial score (nSPS) is 34.5. The predicted octanol–water partition coefficient (Wildman–Crippen LogP) is 1.99. The number of nitrogens with zero attached hydrogens (tertiary/aromatic N) is 1. The Bertz CT molecular complexity index is 499. The highest BCUT2D eigenvalue weighted by Gasteiger charge is 2.57. The van der Waals surface area contributed by atoms with Crippen molar-refractivity contribution in [3.63, 3.8) is 0 Å². The number of fused-ring (bicyclic) bond motifs is 3. The van der Waals surface area contributed by atoms with E-state index in [9.17, 15) is 4.79 Å². The molecular formula is C14H16N2O. The molecule has 4 rings (SSSR count). The van der Waals surface area contributed by atoms with Crippen LogP contribution in [0.4, 0.5) is 5.69 Å². The van der Waals surface area contributed by atoms with Gasteiger partial charge in [-0.2, -0.15) is 0 Å². The van der Waals surface area contributed by atoms with E-state index in [4.69, 9.17) is 0 Å². The number of para-hydroxylation sites is 1. The molecular weight excluding hydrogens is 212 g/mol. The van der Waals surface area contributed by atoms with Gasteiger partial charge in [-0.1, -0.05) is 18.2 Å². The van der Waals surface area contributed by atoms with E-state index in [0.29, 0.717) is 18.2 Å². The molecule has 2 aliphatic heterocycles. The van der Waals surface area contributed by atoms with E-state index in [-0.39, 0.29) is 5.66 Å². The molecule has 1 aromatic rings. The number of amides is 1. The number of benzene rings is 1. The van der Waals surface area contributed by atoms with Gasteiger partial charge in [0.25, 0.3) is 0 Å². The van der Waals surface area contributed by atoms with Crippen molar-refractivity contribution in [1.82, 2.24) is 5.32 Å². The number of carbonyl (C=O) groups is 1. The smallest absolute Gasteiger partial charge is 0.229 e. The van der Waals surface area contributed by atoms with Crippen LogP contribution in [0, 0.1) is 0 Å². The summed E-state index contributed by atoms with van der Waals surface area (Å²) in [5.74, 6) is 0.795. The third kappa shape index (κ3) is 1.03. The molecule has 3 aliphatic rings. The van der Waals surface area contributed by atoms with Crippen LogP contribution in [0.1, 0.15) is 37.2 Å². The summed E-state index contributed by atoms with van der Waals surface area (Å²) in [4.78, 5) is 14.3. The molecule has 2 atom stereocenters. The molecule has 0 radical (unpaired) electrons. The molecule has 1 aliphatic carbocycles. The fraction of sp³-hybridized carbons (Fsp3) is 0.500. The predicted molar refractivity (Wildman–Crippen MR) is 65.9 cm³/mol. The van der Waals surface area contributed by atoms with Gasteiger partial charge in [0.2, 0.25) is 5.91 Å². The number of carbonyl (C=O) groups excluding carboxylic acids is 1. The van der Waals surface area contributed by atoms with E-state index in [1.807, 2.05) is 6.07 Å². The molecule has 1 aromatic carbocycles. The Kier molecular flexibility index (Phi) is 1.76. The fourth-order valence-electron chi connectivity index (χ4n) is 4.02. The topological polar surface area (TPSA) is 32.3 Å². The van der Waals surface area contributed by atoms with Crippen molar-refractivity contribution >= 4 is 11.6 Å². The summed E-state index contributed by atoms with van der Waals surface area (Å²) in [5, 5.41) is 3.64. The Balaban J connectivity index is 1.95. The van der Waals surface area contributed by atoms with E-state index in [2.05, 4.69) is 28.4 Å². The molecule has 2 unspecified atom stereocenters. The van der Waals surface area contributed by atoms with Gasteiger partial charge in [0.05, 0.1) is 0 Å². The van der Waals surface area contributed by atoms with Gasteiger partial charge < -0.3 is 0 Å². The molecule has 3 nitrogen and oxygen atoms in total. The van der Waals surface area contributed by atoms with Crippen molar-refractivity contribution in [1.29, 1.82) is 0 Å². The molecule has 2 heterocycles. The maximum Gasteiger partial charge on any atom is 0.229 e. The molecule has 1 spiro atoms. The summed E-state index contributed by atoms with van der Waals surface area (Å²) >= 11 is 0. The second kappa shape index (κ2) is 3.10. The Morgan fingerprint density at radius 1 is 1.35 bits per heavy atom. The fourth-order valence-corrected chi connectivity index (χ4v) is 4.02. The van der Waals surface area contributed by atoms with Crippen molar-refractivity contribution in [2.24, 2.45) is 0 Å². The van der Waals surface area contributed by atoms with E-state index >= 15 is 0 Å². The van der Waals surface area contributed by atoms with Gasteiger partial charge in [0.15, 0.2) is 0 Å². The summed E-state index contributed by atoms with van der Waals surface area (Å²) in [6, 6.07) is 8.42. The standard InChI is InChI=1S/C14H16N2O/c17-13-7-9-15-14-8-3-5-11(14)10-4-1-2-6-12(10)16(13)14/h1-2,4,6,11,15H,3,5,7-9H2. The van der Waals surface area contributed by atoms with Gasteiger partial charge in [-0.3, -0.25) is 15.0 Å². The van der Waals surface area contributed by atoms with Crippen LogP contribution >= 0.6 is 0 Å². The summed E-state index contributed by atoms with van der Waals surface area (Å²) in [7, 11) is 0. The SMILES string of the molecule is O=C1CCNC23CCCC2c2ccccc2N13. The van der Waals surface area contributed by atoms with Crippen molar-refractivity contribution < 1.29 is 4.79 Å². The third-order valence-corrected chi connectivity index (χ3v) is 4.60. The molecule has 88 valence electrons. The monoisotopic (exact) mass is 228 g/mol. The first kappa shape index (κ1) is 9.66. The van der Waals surface area contributed by atoms with Gasteiger partial charge in [-0.15, -0.1) is 0 Å². The Morgan fingerprint density at radius 3 is 3.18 bits per heavy atom. The molecule has 1 N–H and O–H groups in total. The first-order valence-corrected chi connectivity index (χ1v) is 6.50. The summed E-state index contributed by atoms with van der Waals surface area (Å²) < 4.78 is 0. The number of hydrogen-bond donors (Lipinski definition) is 1. The van der Waals surface area contributed by atoms with E-state index in [1.165, 1.54) is 18.4 Å². The largest absolute Gasteiger partial charge is 0.293 e. The van der Waals surface area contributed by atoms with Crippen LogP contribution in [-0.4, -0.2) is 18.1 Å². The zero-order chi connectivity index (χ0) is 11.5. The lowest BCUT2D eigenvalue weighted by atomic mass is 9.91. The molecule has 3 heteroatoms. The minimum absolute atomic E-state index is 0.0843. The quantitative estimate of drug-likeness (QED) is 0.736. The molecule has 0 aromatic heterocycles. The van der Waals surface area contributed by atoms with Crippen molar-refractivity contribution in [2.75, 3.05) is 11.4 Å². The van der Waals surface area contributed by atoms with Crippen LogP contribution in [0.3, 0.4) is 0 Å². The number of anilines is 1. The van der Waals surface area contributed by atoms with Gasteiger partial charge in [-0.25, -0.2) is 0 Å². The lowest BCUT2D eigenvalue weighted by molar-refractivity contribution is -0.121. The number of hydrogen-bond acceptors (Lipinski definition) is 2. The van der Waals surface area contributed by atoms with Crippen molar-refractivity contribution in [3.8, 4) is 0 Å².